The fourth-order valence-electron chi connectivity index (χ4n) is 3.21. The lowest BCUT2D eigenvalue weighted by Crippen LogP contribution is -2.46. The van der Waals surface area contributed by atoms with Crippen molar-refractivity contribution in [1.82, 2.24) is 30.4 Å². The monoisotopic (exact) mass is 359 g/mol. The molecule has 1 aromatic carbocycles. The number of aromatic nitrogens is 4. The smallest absolute Gasteiger partial charge is 0.319 e. The van der Waals surface area contributed by atoms with Crippen molar-refractivity contribution in [3.8, 4) is 5.69 Å². The maximum absolute atomic E-state index is 12.0. The standard InChI is InChI=1S/C17H25N7O2/c1-13-20-21-22-24(13)15-7-5-14(6-8-15)19-17(26)18-9-11-23-10-3-2-4-16(23)12-25/h5-8,16,25H,2-4,9-12H2,1H3,(H2,18,19,26). The van der Waals surface area contributed by atoms with Gasteiger partial charge in [0.15, 0.2) is 5.82 Å². The molecule has 9 nitrogen and oxygen atoms in total. The Labute approximate surface area is 152 Å². The molecule has 0 bridgehead atoms. The molecule has 1 unspecified atom stereocenters. The molecule has 1 aliphatic rings. The first-order chi connectivity index (χ1) is 12.7. The van der Waals surface area contributed by atoms with Crippen LogP contribution in [0.15, 0.2) is 24.3 Å². The second kappa shape index (κ2) is 8.72. The number of likely N-dealkylation sites (tertiary alicyclic amines) is 1. The van der Waals surface area contributed by atoms with Gasteiger partial charge in [-0.15, -0.1) is 5.10 Å². The van der Waals surface area contributed by atoms with Crippen LogP contribution in [0.1, 0.15) is 25.1 Å². The van der Waals surface area contributed by atoms with Crippen LogP contribution in [0.2, 0.25) is 0 Å². The van der Waals surface area contributed by atoms with E-state index in [4.69, 9.17) is 0 Å². The summed E-state index contributed by atoms with van der Waals surface area (Å²) < 4.78 is 1.63. The molecule has 1 aromatic heterocycles. The van der Waals surface area contributed by atoms with Gasteiger partial charge in [0, 0.05) is 24.8 Å². The maximum Gasteiger partial charge on any atom is 0.319 e. The largest absolute Gasteiger partial charge is 0.395 e. The number of carbonyl (C=O) groups excluding carboxylic acids is 1. The van der Waals surface area contributed by atoms with Crippen LogP contribution in [0.4, 0.5) is 10.5 Å². The quantitative estimate of drug-likeness (QED) is 0.708. The number of aliphatic hydroxyl groups is 1. The average molecular weight is 359 g/mol. The van der Waals surface area contributed by atoms with Gasteiger partial charge >= 0.3 is 6.03 Å². The van der Waals surface area contributed by atoms with Gasteiger partial charge in [0.25, 0.3) is 0 Å². The summed E-state index contributed by atoms with van der Waals surface area (Å²) in [7, 11) is 0. The van der Waals surface area contributed by atoms with Crippen molar-refractivity contribution in [2.75, 3.05) is 31.6 Å². The highest BCUT2D eigenvalue weighted by Gasteiger charge is 2.20. The molecule has 3 rings (SSSR count). The third-order valence-corrected chi connectivity index (χ3v) is 4.64. The van der Waals surface area contributed by atoms with Gasteiger partial charge in [-0.2, -0.15) is 4.68 Å². The molecule has 1 aliphatic heterocycles. The number of nitrogens with one attached hydrogen (secondary N) is 2. The van der Waals surface area contributed by atoms with Gasteiger partial charge in [-0.3, -0.25) is 4.90 Å². The molecule has 0 aliphatic carbocycles. The van der Waals surface area contributed by atoms with Crippen molar-refractivity contribution in [3.63, 3.8) is 0 Å². The van der Waals surface area contributed by atoms with E-state index in [2.05, 4.69) is 31.1 Å². The number of piperidine rings is 1. The molecule has 2 aromatic rings. The molecule has 140 valence electrons. The Morgan fingerprint density at radius 1 is 1.31 bits per heavy atom. The summed E-state index contributed by atoms with van der Waals surface area (Å²) in [5.41, 5.74) is 1.53. The van der Waals surface area contributed by atoms with Crippen molar-refractivity contribution in [1.29, 1.82) is 0 Å². The molecular weight excluding hydrogens is 334 g/mol. The number of aliphatic hydroxyl groups excluding tert-OH is 1. The number of urea groups is 1. The first kappa shape index (κ1) is 18.3. The molecule has 0 spiro atoms. The summed E-state index contributed by atoms with van der Waals surface area (Å²) in [5, 5.41) is 26.5. The van der Waals surface area contributed by atoms with Crippen molar-refractivity contribution in [3.05, 3.63) is 30.1 Å². The van der Waals surface area contributed by atoms with Crippen molar-refractivity contribution >= 4 is 11.7 Å². The summed E-state index contributed by atoms with van der Waals surface area (Å²) in [6.45, 7) is 4.27. The minimum absolute atomic E-state index is 0.180. The predicted molar refractivity (Wildman–Crippen MR) is 97.2 cm³/mol. The topological polar surface area (TPSA) is 108 Å². The SMILES string of the molecule is Cc1nnnn1-c1ccc(NC(=O)NCCN2CCCCC2CO)cc1. The summed E-state index contributed by atoms with van der Waals surface area (Å²) in [4.78, 5) is 14.3. The molecule has 9 heteroatoms. The fourth-order valence-corrected chi connectivity index (χ4v) is 3.21. The molecule has 1 atom stereocenters. The van der Waals surface area contributed by atoms with Gasteiger partial charge in [-0.1, -0.05) is 6.42 Å². The predicted octanol–water partition coefficient (Wildman–Crippen LogP) is 0.939. The van der Waals surface area contributed by atoms with E-state index in [1.165, 1.54) is 0 Å². The molecule has 0 radical (unpaired) electrons. The Kier molecular flexibility index (Phi) is 6.13. The van der Waals surface area contributed by atoms with Crippen LogP contribution in [-0.4, -0.2) is 68.5 Å². The number of rotatable bonds is 6. The van der Waals surface area contributed by atoms with E-state index in [9.17, 15) is 9.90 Å². The highest BCUT2D eigenvalue weighted by atomic mass is 16.3. The Balaban J connectivity index is 1.45. The van der Waals surface area contributed by atoms with Crippen LogP contribution >= 0.6 is 0 Å². The maximum atomic E-state index is 12.0. The van der Waals surface area contributed by atoms with Gasteiger partial charge in [0.2, 0.25) is 0 Å². The van der Waals surface area contributed by atoms with Crippen LogP contribution in [0.25, 0.3) is 5.69 Å². The minimum Gasteiger partial charge on any atom is -0.395 e. The van der Waals surface area contributed by atoms with Crippen molar-refractivity contribution in [2.24, 2.45) is 0 Å². The number of carbonyl (C=O) groups is 1. The van der Waals surface area contributed by atoms with E-state index in [1.54, 1.807) is 4.68 Å². The Morgan fingerprint density at radius 2 is 2.12 bits per heavy atom. The number of hydrogen-bond acceptors (Lipinski definition) is 6. The number of amides is 2. The molecule has 2 heterocycles. The third-order valence-electron chi connectivity index (χ3n) is 4.64. The third kappa shape index (κ3) is 4.55. The molecular formula is C17H25N7O2. The van der Waals surface area contributed by atoms with Crippen molar-refractivity contribution < 1.29 is 9.90 Å². The van der Waals surface area contributed by atoms with E-state index in [1.807, 2.05) is 31.2 Å². The normalized spacial score (nSPS) is 17.8. The highest BCUT2D eigenvalue weighted by molar-refractivity contribution is 5.89. The zero-order valence-corrected chi connectivity index (χ0v) is 14.9. The molecule has 1 saturated heterocycles. The zero-order chi connectivity index (χ0) is 18.4. The van der Waals surface area contributed by atoms with Crippen molar-refractivity contribution in [2.45, 2.75) is 32.2 Å². The molecule has 26 heavy (non-hydrogen) atoms. The van der Waals surface area contributed by atoms with E-state index >= 15 is 0 Å². The number of anilines is 1. The molecule has 3 N–H and O–H groups in total. The number of benzene rings is 1. The number of nitrogens with zero attached hydrogens (tertiary/aromatic N) is 5. The summed E-state index contributed by atoms with van der Waals surface area (Å²) in [6.07, 6.45) is 3.33. The van der Waals surface area contributed by atoms with Crippen LogP contribution in [0.5, 0.6) is 0 Å². The minimum atomic E-state index is -0.242. The van der Waals surface area contributed by atoms with Gasteiger partial charge in [-0.25, -0.2) is 4.79 Å². The Hall–Kier alpha value is -2.52. The Bertz CT molecular complexity index is 716. The second-order valence-corrected chi connectivity index (χ2v) is 6.43. The van der Waals surface area contributed by atoms with Crippen LogP contribution < -0.4 is 10.6 Å². The lowest BCUT2D eigenvalue weighted by atomic mass is 10.0. The Morgan fingerprint density at radius 3 is 2.81 bits per heavy atom. The highest BCUT2D eigenvalue weighted by Crippen LogP contribution is 2.16. The molecule has 1 fully saturated rings. The second-order valence-electron chi connectivity index (χ2n) is 6.43. The number of aryl methyl sites for hydroxylation is 1. The van der Waals surface area contributed by atoms with E-state index in [0.29, 0.717) is 18.1 Å². The first-order valence-corrected chi connectivity index (χ1v) is 8.92. The summed E-state index contributed by atoms with van der Waals surface area (Å²) >= 11 is 0. The van der Waals surface area contributed by atoms with Gasteiger partial charge in [0.05, 0.1) is 12.3 Å². The van der Waals surface area contributed by atoms with E-state index in [-0.39, 0.29) is 18.7 Å². The van der Waals surface area contributed by atoms with Crippen LogP contribution in [-0.2, 0) is 0 Å². The summed E-state index contributed by atoms with van der Waals surface area (Å²) in [6, 6.07) is 7.28. The van der Waals surface area contributed by atoms with Gasteiger partial charge < -0.3 is 15.7 Å². The lowest BCUT2D eigenvalue weighted by Gasteiger charge is -2.34. The summed E-state index contributed by atoms with van der Waals surface area (Å²) in [5.74, 6) is 0.697. The van der Waals surface area contributed by atoms with E-state index in [0.717, 1.165) is 38.0 Å². The number of tetrazole rings is 1. The van der Waals surface area contributed by atoms with Crippen LogP contribution in [0, 0.1) is 6.92 Å². The fraction of sp³-hybridized carbons (Fsp3) is 0.529. The first-order valence-electron chi connectivity index (χ1n) is 8.92. The zero-order valence-electron chi connectivity index (χ0n) is 14.9. The average Bonchev–Trinajstić information content (AvgIpc) is 3.09. The lowest BCUT2D eigenvalue weighted by molar-refractivity contribution is 0.0917. The van der Waals surface area contributed by atoms with Gasteiger partial charge in [-0.05, 0) is 61.0 Å². The molecule has 0 saturated carbocycles. The van der Waals surface area contributed by atoms with Crippen LogP contribution in [0.3, 0.4) is 0 Å². The molecule has 2 amide bonds. The van der Waals surface area contributed by atoms with E-state index < -0.39 is 0 Å². The van der Waals surface area contributed by atoms with Gasteiger partial charge in [0.1, 0.15) is 0 Å². The number of hydrogen-bond donors (Lipinski definition) is 3.